The molecule has 6 nitrogen and oxygen atoms in total. The average Bonchev–Trinajstić information content (AvgIpc) is 2.63. The predicted octanol–water partition coefficient (Wildman–Crippen LogP) is 5.33. The lowest BCUT2D eigenvalue weighted by atomic mass is 10.2. The number of aromatic hydroxyl groups is 1. The van der Waals surface area contributed by atoms with Crippen molar-refractivity contribution in [2.75, 3.05) is 12.3 Å². The monoisotopic (exact) mass is 585 g/mol. The summed E-state index contributed by atoms with van der Waals surface area (Å²) in [5.41, 5.74) is 0.191. The van der Waals surface area contributed by atoms with E-state index < -0.39 is 31.2 Å². The van der Waals surface area contributed by atoms with Crippen molar-refractivity contribution in [2.24, 2.45) is 0 Å². The molecule has 178 valence electrons. The number of halogens is 3. The van der Waals surface area contributed by atoms with Gasteiger partial charge in [-0.2, -0.15) is 0 Å². The molecule has 0 unspecified atom stereocenters. The van der Waals surface area contributed by atoms with Crippen molar-refractivity contribution < 1.29 is 21.9 Å². The summed E-state index contributed by atoms with van der Waals surface area (Å²) in [6, 6.07) is 6.98. The van der Waals surface area contributed by atoms with Crippen molar-refractivity contribution >= 4 is 58.8 Å². The maximum Gasteiger partial charge on any atom is 0.186 e. The van der Waals surface area contributed by atoms with E-state index in [1.165, 1.54) is 30.3 Å². The second-order valence-electron chi connectivity index (χ2n) is 8.03. The summed E-state index contributed by atoms with van der Waals surface area (Å²) < 4.78 is 52.2. The van der Waals surface area contributed by atoms with Crippen LogP contribution in [0.1, 0.15) is 33.3 Å². The summed E-state index contributed by atoms with van der Waals surface area (Å²) in [7, 11) is -7.75. The summed E-state index contributed by atoms with van der Waals surface area (Å²) in [5.74, 6) is -1.24. The van der Waals surface area contributed by atoms with Crippen LogP contribution in [0, 0.1) is 0 Å². The maximum absolute atomic E-state index is 13.0. The van der Waals surface area contributed by atoms with Crippen LogP contribution in [0.5, 0.6) is 5.75 Å². The Labute approximate surface area is 208 Å². The van der Waals surface area contributed by atoms with Crippen molar-refractivity contribution in [3.8, 4) is 5.75 Å². The van der Waals surface area contributed by atoms with Crippen LogP contribution in [0.25, 0.3) is 0 Å². The zero-order chi connectivity index (χ0) is 24.4. The molecule has 11 heteroatoms. The van der Waals surface area contributed by atoms with Crippen LogP contribution in [0.15, 0.2) is 44.6 Å². The first kappa shape index (κ1) is 27.4. The molecule has 32 heavy (non-hydrogen) atoms. The number of benzene rings is 2. The van der Waals surface area contributed by atoms with Crippen molar-refractivity contribution in [1.82, 2.24) is 4.90 Å². The number of phenols is 1. The Morgan fingerprint density at radius 2 is 1.53 bits per heavy atom. The van der Waals surface area contributed by atoms with Crippen LogP contribution in [-0.2, 0) is 25.4 Å². The summed E-state index contributed by atoms with van der Waals surface area (Å²) in [6.07, 6.45) is 0. The number of phenolic OH excluding ortho intramolecular Hbond substituents is 1. The lowest BCUT2D eigenvalue weighted by Crippen LogP contribution is -2.40. The van der Waals surface area contributed by atoms with Crippen LogP contribution in [0.4, 0.5) is 0 Å². The van der Waals surface area contributed by atoms with Crippen LogP contribution in [0.3, 0.4) is 0 Å². The van der Waals surface area contributed by atoms with E-state index in [0.717, 1.165) is 0 Å². The molecule has 0 amide bonds. The number of rotatable bonds is 9. The molecule has 1 N–H and O–H groups in total. The first-order chi connectivity index (χ1) is 14.6. The minimum Gasteiger partial charge on any atom is -0.505 e. The fourth-order valence-corrected chi connectivity index (χ4v) is 7.55. The molecule has 0 heterocycles. The third-order valence-electron chi connectivity index (χ3n) is 4.92. The van der Waals surface area contributed by atoms with Gasteiger partial charge in [-0.1, -0.05) is 39.1 Å². The van der Waals surface area contributed by atoms with E-state index in [1.807, 2.05) is 27.7 Å². The number of sulfone groups is 2. The molecule has 0 bridgehead atoms. The molecule has 2 aromatic rings. The minimum absolute atomic E-state index is 0.0424. The molecule has 0 aliphatic rings. The van der Waals surface area contributed by atoms with Crippen molar-refractivity contribution in [3.63, 3.8) is 0 Å². The first-order valence-electron chi connectivity index (χ1n) is 9.83. The van der Waals surface area contributed by atoms with E-state index in [9.17, 15) is 21.9 Å². The molecule has 0 fully saturated rings. The lowest BCUT2D eigenvalue weighted by molar-refractivity contribution is 0.186. The maximum atomic E-state index is 13.0. The van der Waals surface area contributed by atoms with Gasteiger partial charge in [0.05, 0.1) is 21.4 Å². The highest BCUT2D eigenvalue weighted by molar-refractivity contribution is 9.10. The number of hydrogen-bond acceptors (Lipinski definition) is 6. The predicted molar refractivity (Wildman–Crippen MR) is 132 cm³/mol. The molecule has 0 aliphatic heterocycles. The van der Waals surface area contributed by atoms with Crippen LogP contribution < -0.4 is 0 Å². The summed E-state index contributed by atoms with van der Waals surface area (Å²) >= 11 is 15.2. The van der Waals surface area contributed by atoms with E-state index in [4.69, 9.17) is 23.2 Å². The molecule has 2 rings (SSSR count). The second-order valence-corrected chi connectivity index (χ2v) is 13.9. The van der Waals surface area contributed by atoms with E-state index in [-0.39, 0.29) is 43.2 Å². The molecule has 0 aliphatic carbocycles. The molecule has 0 saturated carbocycles. The molecular formula is C21H26BrCl2NO5S2. The van der Waals surface area contributed by atoms with E-state index in [0.29, 0.717) is 11.0 Å². The van der Waals surface area contributed by atoms with Crippen LogP contribution in [0.2, 0.25) is 10.0 Å². The highest BCUT2D eigenvalue weighted by atomic mass is 79.9. The molecule has 0 radical (unpaired) electrons. The Balaban J connectivity index is 2.37. The standard InChI is InChI=1S/C21H26BrCl2NO5S2/c1-13(2)25(14(3)4)5-6-31(27,28)18-8-15(7-17(23)11-18)12-32(29,30)20-10-16(22)9-19(24)21(20)26/h7-11,13-14,26H,5-6,12H2,1-4H3. The van der Waals surface area contributed by atoms with E-state index >= 15 is 0 Å². The third-order valence-corrected chi connectivity index (χ3v) is 9.25. The van der Waals surface area contributed by atoms with Crippen molar-refractivity contribution in [1.29, 1.82) is 0 Å². The Kier molecular flexibility index (Phi) is 9.09. The molecule has 0 spiro atoms. The quantitative estimate of drug-likeness (QED) is 0.427. The molecule has 0 saturated heterocycles. The summed E-state index contributed by atoms with van der Waals surface area (Å²) in [5, 5.41) is 10.1. The van der Waals surface area contributed by atoms with Gasteiger partial charge in [0, 0.05) is 28.1 Å². The Hall–Kier alpha value is -0.840. The first-order valence-corrected chi connectivity index (χ1v) is 14.7. The molecule has 0 atom stereocenters. The SMILES string of the molecule is CC(C)N(CCS(=O)(=O)c1cc(Cl)cc(CS(=O)(=O)c2cc(Br)cc(Cl)c2O)c1)C(C)C. The van der Waals surface area contributed by atoms with Gasteiger partial charge in [0.1, 0.15) is 4.90 Å². The Bertz CT molecular complexity index is 1190. The highest BCUT2D eigenvalue weighted by Gasteiger charge is 2.25. The largest absolute Gasteiger partial charge is 0.505 e. The zero-order valence-electron chi connectivity index (χ0n) is 18.1. The van der Waals surface area contributed by atoms with Gasteiger partial charge >= 0.3 is 0 Å². The van der Waals surface area contributed by atoms with Gasteiger partial charge in [-0.15, -0.1) is 0 Å². The second kappa shape index (κ2) is 10.6. The van der Waals surface area contributed by atoms with Gasteiger partial charge in [0.25, 0.3) is 0 Å². The van der Waals surface area contributed by atoms with E-state index in [1.54, 1.807) is 0 Å². The fourth-order valence-electron chi connectivity index (χ4n) is 3.42. The Morgan fingerprint density at radius 3 is 2.09 bits per heavy atom. The minimum atomic E-state index is -4.04. The van der Waals surface area contributed by atoms with Crippen molar-refractivity contribution in [2.45, 2.75) is 55.3 Å². The highest BCUT2D eigenvalue weighted by Crippen LogP contribution is 2.36. The number of nitrogens with zero attached hydrogens (tertiary/aromatic N) is 1. The van der Waals surface area contributed by atoms with Crippen molar-refractivity contribution in [3.05, 3.63) is 50.4 Å². The molecule has 0 aromatic heterocycles. The van der Waals surface area contributed by atoms with Gasteiger partial charge in [-0.3, -0.25) is 4.90 Å². The lowest BCUT2D eigenvalue weighted by Gasteiger charge is -2.30. The third kappa shape index (κ3) is 6.84. The normalized spacial score (nSPS) is 12.8. The van der Waals surface area contributed by atoms with Gasteiger partial charge in [0.15, 0.2) is 25.4 Å². The van der Waals surface area contributed by atoms with Crippen LogP contribution in [-0.4, -0.2) is 51.2 Å². The van der Waals surface area contributed by atoms with Gasteiger partial charge in [-0.05, 0) is 63.6 Å². The van der Waals surface area contributed by atoms with Gasteiger partial charge in [0.2, 0.25) is 0 Å². The average molecular weight is 587 g/mol. The van der Waals surface area contributed by atoms with E-state index in [2.05, 4.69) is 20.8 Å². The smallest absolute Gasteiger partial charge is 0.186 e. The summed E-state index contributed by atoms with van der Waals surface area (Å²) in [4.78, 5) is 1.66. The molecular weight excluding hydrogens is 561 g/mol. The topological polar surface area (TPSA) is 91.8 Å². The summed E-state index contributed by atoms with van der Waals surface area (Å²) in [6.45, 7) is 8.33. The number of hydrogen-bond donors (Lipinski definition) is 1. The fraction of sp³-hybridized carbons (Fsp3) is 0.429. The zero-order valence-corrected chi connectivity index (χ0v) is 22.9. The Morgan fingerprint density at radius 1 is 0.938 bits per heavy atom. The molecule has 2 aromatic carbocycles. The van der Waals surface area contributed by atoms with Gasteiger partial charge < -0.3 is 5.11 Å². The van der Waals surface area contributed by atoms with Crippen LogP contribution >= 0.6 is 39.1 Å². The van der Waals surface area contributed by atoms with Gasteiger partial charge in [-0.25, -0.2) is 16.8 Å².